The van der Waals surface area contributed by atoms with Crippen molar-refractivity contribution < 1.29 is 14.3 Å². The molecule has 1 saturated heterocycles. The van der Waals surface area contributed by atoms with Gasteiger partial charge >= 0.3 is 5.97 Å². The maximum Gasteiger partial charge on any atom is 0.305 e. The van der Waals surface area contributed by atoms with Gasteiger partial charge in [-0.2, -0.15) is 0 Å². The Balaban J connectivity index is 1.80. The maximum absolute atomic E-state index is 12.7. The van der Waals surface area contributed by atoms with Gasteiger partial charge in [-0.3, -0.25) is 4.79 Å². The fraction of sp³-hybridized carbons (Fsp3) is 0.462. The molecule has 98 valence electrons. The van der Waals surface area contributed by atoms with Crippen molar-refractivity contribution in [2.24, 2.45) is 0 Å². The van der Waals surface area contributed by atoms with Crippen LogP contribution in [0.1, 0.15) is 12.0 Å². The highest BCUT2D eigenvalue weighted by molar-refractivity contribution is 5.68. The smallest absolute Gasteiger partial charge is 0.305 e. The van der Waals surface area contributed by atoms with Crippen molar-refractivity contribution in [3.05, 3.63) is 35.6 Å². The summed E-state index contributed by atoms with van der Waals surface area (Å²) in [4.78, 5) is 10.8. The van der Waals surface area contributed by atoms with E-state index in [2.05, 4.69) is 10.6 Å². The molecule has 0 saturated carbocycles. The van der Waals surface area contributed by atoms with Gasteiger partial charge in [0.2, 0.25) is 0 Å². The quantitative estimate of drug-likeness (QED) is 0.700. The summed E-state index contributed by atoms with van der Waals surface area (Å²) in [5, 5.41) is 15.2. The van der Waals surface area contributed by atoms with Crippen molar-refractivity contribution in [3.63, 3.8) is 0 Å². The van der Waals surface area contributed by atoms with E-state index in [0.29, 0.717) is 19.6 Å². The van der Waals surface area contributed by atoms with Crippen LogP contribution in [0.25, 0.3) is 0 Å². The Kier molecular flexibility index (Phi) is 3.93. The van der Waals surface area contributed by atoms with E-state index >= 15 is 0 Å². The number of halogens is 1. The standard InChI is InChI=1S/C13H17FN2O2/c14-11-3-1-10(2-4-11)5-6-16-13(7-12(17)18)8-15-9-13/h1-4,15-16H,5-9H2,(H,17,18). The van der Waals surface area contributed by atoms with Gasteiger partial charge in [-0.15, -0.1) is 0 Å². The van der Waals surface area contributed by atoms with Crippen LogP contribution in [0.5, 0.6) is 0 Å². The number of carboxylic acid groups (broad SMARTS) is 1. The lowest BCUT2D eigenvalue weighted by molar-refractivity contribution is -0.139. The first-order valence-corrected chi connectivity index (χ1v) is 6.02. The van der Waals surface area contributed by atoms with Gasteiger partial charge in [-0.25, -0.2) is 4.39 Å². The molecule has 0 aromatic heterocycles. The number of hydrogen-bond acceptors (Lipinski definition) is 3. The summed E-state index contributed by atoms with van der Waals surface area (Å²) in [7, 11) is 0. The minimum atomic E-state index is -0.786. The Morgan fingerprint density at radius 1 is 1.39 bits per heavy atom. The zero-order chi connectivity index (χ0) is 13.0. The average molecular weight is 252 g/mol. The summed E-state index contributed by atoms with van der Waals surface area (Å²) < 4.78 is 12.7. The third-order valence-corrected chi connectivity index (χ3v) is 3.24. The monoisotopic (exact) mass is 252 g/mol. The Morgan fingerprint density at radius 3 is 2.56 bits per heavy atom. The summed E-state index contributed by atoms with van der Waals surface area (Å²) >= 11 is 0. The van der Waals surface area contributed by atoms with Crippen LogP contribution in [0.2, 0.25) is 0 Å². The Labute approximate surface area is 105 Å². The highest BCUT2D eigenvalue weighted by atomic mass is 19.1. The van der Waals surface area contributed by atoms with Crippen molar-refractivity contribution in [2.45, 2.75) is 18.4 Å². The third kappa shape index (κ3) is 3.27. The van der Waals surface area contributed by atoms with Gasteiger partial charge in [-0.1, -0.05) is 12.1 Å². The second-order valence-corrected chi connectivity index (χ2v) is 4.76. The van der Waals surface area contributed by atoms with Crippen LogP contribution in [0.15, 0.2) is 24.3 Å². The Hall–Kier alpha value is -1.46. The van der Waals surface area contributed by atoms with Crippen LogP contribution >= 0.6 is 0 Å². The van der Waals surface area contributed by atoms with E-state index in [1.807, 2.05) is 0 Å². The zero-order valence-corrected chi connectivity index (χ0v) is 10.1. The van der Waals surface area contributed by atoms with Crippen LogP contribution in [0.4, 0.5) is 4.39 Å². The zero-order valence-electron chi connectivity index (χ0n) is 10.1. The highest BCUT2D eigenvalue weighted by Gasteiger charge is 2.38. The molecule has 18 heavy (non-hydrogen) atoms. The van der Waals surface area contributed by atoms with Crippen LogP contribution in [0.3, 0.4) is 0 Å². The van der Waals surface area contributed by atoms with Gasteiger partial charge in [0.15, 0.2) is 0 Å². The number of hydrogen-bond donors (Lipinski definition) is 3. The topological polar surface area (TPSA) is 61.4 Å². The summed E-state index contributed by atoms with van der Waals surface area (Å²) in [5.41, 5.74) is 0.730. The Bertz CT molecular complexity index is 416. The first-order valence-electron chi connectivity index (χ1n) is 6.02. The molecule has 1 aliphatic rings. The summed E-state index contributed by atoms with van der Waals surface area (Å²) in [6.45, 7) is 2.06. The molecular weight excluding hydrogens is 235 g/mol. The van der Waals surface area contributed by atoms with Gasteiger partial charge in [0, 0.05) is 13.1 Å². The molecule has 0 unspecified atom stereocenters. The molecule has 5 heteroatoms. The predicted octanol–water partition coefficient (Wildman–Crippen LogP) is 0.774. The molecule has 1 aromatic rings. The van der Waals surface area contributed by atoms with E-state index in [-0.39, 0.29) is 17.8 Å². The molecule has 1 aliphatic heterocycles. The molecule has 1 heterocycles. The maximum atomic E-state index is 12.7. The number of aliphatic carboxylic acids is 1. The molecule has 0 atom stereocenters. The fourth-order valence-corrected chi connectivity index (χ4v) is 2.15. The second-order valence-electron chi connectivity index (χ2n) is 4.76. The SMILES string of the molecule is O=C(O)CC1(NCCc2ccc(F)cc2)CNC1. The predicted molar refractivity (Wildman–Crippen MR) is 66.0 cm³/mol. The van der Waals surface area contributed by atoms with Gasteiger partial charge in [0.25, 0.3) is 0 Å². The van der Waals surface area contributed by atoms with E-state index < -0.39 is 5.97 Å². The number of rotatable bonds is 6. The van der Waals surface area contributed by atoms with Gasteiger partial charge in [0.1, 0.15) is 5.82 Å². The van der Waals surface area contributed by atoms with E-state index in [1.165, 1.54) is 12.1 Å². The van der Waals surface area contributed by atoms with Gasteiger partial charge in [-0.05, 0) is 30.7 Å². The molecule has 2 rings (SSSR count). The van der Waals surface area contributed by atoms with Crippen molar-refractivity contribution in [2.75, 3.05) is 19.6 Å². The number of nitrogens with one attached hydrogen (secondary N) is 2. The lowest BCUT2D eigenvalue weighted by atomic mass is 9.88. The minimum absolute atomic E-state index is 0.128. The fourth-order valence-electron chi connectivity index (χ4n) is 2.15. The number of benzene rings is 1. The van der Waals surface area contributed by atoms with Crippen LogP contribution in [0, 0.1) is 5.82 Å². The molecule has 3 N–H and O–H groups in total. The summed E-state index contributed by atoms with van der Waals surface area (Å²) in [6, 6.07) is 6.38. The highest BCUT2D eigenvalue weighted by Crippen LogP contribution is 2.16. The van der Waals surface area contributed by atoms with E-state index in [9.17, 15) is 9.18 Å². The van der Waals surface area contributed by atoms with Crippen LogP contribution in [-0.2, 0) is 11.2 Å². The molecule has 4 nitrogen and oxygen atoms in total. The van der Waals surface area contributed by atoms with Crippen LogP contribution < -0.4 is 10.6 Å². The van der Waals surface area contributed by atoms with Gasteiger partial charge < -0.3 is 15.7 Å². The number of carbonyl (C=O) groups is 1. The molecule has 1 aromatic carbocycles. The minimum Gasteiger partial charge on any atom is -0.481 e. The molecule has 1 fully saturated rings. The average Bonchev–Trinajstić information content (AvgIpc) is 2.28. The van der Waals surface area contributed by atoms with E-state index in [1.54, 1.807) is 12.1 Å². The van der Waals surface area contributed by atoms with E-state index in [4.69, 9.17) is 5.11 Å². The second kappa shape index (κ2) is 5.46. The first kappa shape index (κ1) is 13.0. The lowest BCUT2D eigenvalue weighted by Crippen LogP contribution is -2.68. The van der Waals surface area contributed by atoms with Crippen molar-refractivity contribution in [1.82, 2.24) is 10.6 Å². The number of carboxylic acids is 1. The Morgan fingerprint density at radius 2 is 2.06 bits per heavy atom. The molecule has 0 amide bonds. The first-order chi connectivity index (χ1) is 8.60. The molecule has 0 aliphatic carbocycles. The summed E-state index contributed by atoms with van der Waals surface area (Å²) in [5.74, 6) is -1.02. The molecule has 0 radical (unpaired) electrons. The van der Waals surface area contributed by atoms with E-state index in [0.717, 1.165) is 12.0 Å². The van der Waals surface area contributed by atoms with Crippen molar-refractivity contribution >= 4 is 5.97 Å². The molecule has 0 spiro atoms. The van der Waals surface area contributed by atoms with Gasteiger partial charge in [0.05, 0.1) is 12.0 Å². The lowest BCUT2D eigenvalue weighted by Gasteiger charge is -2.42. The van der Waals surface area contributed by atoms with Crippen molar-refractivity contribution in [3.8, 4) is 0 Å². The molecule has 0 bridgehead atoms. The van der Waals surface area contributed by atoms with Crippen molar-refractivity contribution in [1.29, 1.82) is 0 Å². The largest absolute Gasteiger partial charge is 0.481 e. The third-order valence-electron chi connectivity index (χ3n) is 3.24. The normalized spacial score (nSPS) is 17.2. The van der Waals surface area contributed by atoms with Crippen LogP contribution in [-0.4, -0.2) is 36.2 Å². The molecular formula is C13H17FN2O2. The summed E-state index contributed by atoms with van der Waals surface area (Å²) in [6.07, 6.45) is 0.894.